The molecule has 9 heteroatoms. The van der Waals surface area contributed by atoms with Crippen LogP contribution in [0.2, 0.25) is 0 Å². The van der Waals surface area contributed by atoms with Gasteiger partial charge in [-0.3, -0.25) is 9.69 Å². The van der Waals surface area contributed by atoms with E-state index in [0.29, 0.717) is 31.6 Å². The van der Waals surface area contributed by atoms with Gasteiger partial charge in [-0.1, -0.05) is 18.2 Å². The van der Waals surface area contributed by atoms with E-state index in [1.54, 1.807) is 17.4 Å². The minimum atomic E-state index is -4.34. The molecular formula is C21H20F3N3OS2. The molecule has 1 saturated heterocycles. The number of hydrogen-bond acceptors (Lipinski definition) is 6. The van der Waals surface area contributed by atoms with Crippen molar-refractivity contribution in [1.29, 1.82) is 0 Å². The second-order valence-corrected chi connectivity index (χ2v) is 9.65. The number of carbonyl (C=O) groups is 1. The smallest absolute Gasteiger partial charge is 0.299 e. The summed E-state index contributed by atoms with van der Waals surface area (Å²) in [5.74, 6) is 0.0453. The zero-order valence-corrected chi connectivity index (χ0v) is 18.1. The normalized spacial score (nSPS) is 15.4. The van der Waals surface area contributed by atoms with Gasteiger partial charge in [-0.2, -0.15) is 13.2 Å². The molecule has 0 spiro atoms. The van der Waals surface area contributed by atoms with Gasteiger partial charge in [0.05, 0.1) is 33.3 Å². The molecule has 4 rings (SSSR count). The summed E-state index contributed by atoms with van der Waals surface area (Å²) in [6.07, 6.45) is -4.05. The van der Waals surface area contributed by atoms with Gasteiger partial charge in [-0.05, 0) is 25.5 Å². The molecule has 158 valence electrons. The van der Waals surface area contributed by atoms with Crippen molar-refractivity contribution in [3.8, 4) is 10.6 Å². The number of Topliss-reactive ketones (excluding diaryl/α,β-unsaturated/α-hetero) is 1. The lowest BCUT2D eigenvalue weighted by Crippen LogP contribution is -2.50. The van der Waals surface area contributed by atoms with Gasteiger partial charge in [-0.15, -0.1) is 22.7 Å². The Morgan fingerprint density at radius 1 is 1.23 bits per heavy atom. The second kappa shape index (κ2) is 8.20. The number of benzene rings is 1. The van der Waals surface area contributed by atoms with Crippen LogP contribution in [0.5, 0.6) is 0 Å². The quantitative estimate of drug-likeness (QED) is 0.520. The van der Waals surface area contributed by atoms with Crippen LogP contribution in [-0.4, -0.2) is 33.7 Å². The Morgan fingerprint density at radius 3 is 2.67 bits per heavy atom. The highest BCUT2D eigenvalue weighted by molar-refractivity contribution is 7.16. The predicted octanol–water partition coefficient (Wildman–Crippen LogP) is 5.15. The number of hydrogen-bond donors (Lipinski definition) is 0. The lowest BCUT2D eigenvalue weighted by atomic mass is 9.92. The van der Waals surface area contributed by atoms with Crippen LogP contribution in [0, 0.1) is 19.8 Å². The third-order valence-corrected chi connectivity index (χ3v) is 7.03. The molecular weight excluding hydrogens is 431 g/mol. The molecule has 3 heterocycles. The monoisotopic (exact) mass is 451 g/mol. The number of aromatic nitrogens is 2. The minimum Gasteiger partial charge on any atom is -0.299 e. The fourth-order valence-corrected chi connectivity index (χ4v) is 5.32. The molecule has 0 saturated carbocycles. The zero-order chi connectivity index (χ0) is 21.5. The van der Waals surface area contributed by atoms with E-state index in [1.165, 1.54) is 23.5 Å². The van der Waals surface area contributed by atoms with E-state index in [2.05, 4.69) is 9.97 Å². The average Bonchev–Trinajstić information content (AvgIpc) is 3.22. The molecule has 1 fully saturated rings. The summed E-state index contributed by atoms with van der Waals surface area (Å²) in [7, 11) is 0. The van der Waals surface area contributed by atoms with Crippen LogP contribution in [0.15, 0.2) is 29.6 Å². The maximum Gasteiger partial charge on any atom is 0.416 e. The van der Waals surface area contributed by atoms with Crippen LogP contribution in [0.1, 0.15) is 26.8 Å². The number of aryl methyl sites for hydroxylation is 2. The molecule has 0 unspecified atom stereocenters. The summed E-state index contributed by atoms with van der Waals surface area (Å²) in [4.78, 5) is 24.6. The van der Waals surface area contributed by atoms with Crippen LogP contribution >= 0.6 is 22.7 Å². The van der Waals surface area contributed by atoms with Gasteiger partial charge in [0.1, 0.15) is 10.8 Å². The van der Waals surface area contributed by atoms with Crippen LogP contribution in [0.4, 0.5) is 13.2 Å². The van der Waals surface area contributed by atoms with Crippen molar-refractivity contribution >= 4 is 28.5 Å². The number of halogens is 3. The van der Waals surface area contributed by atoms with Crippen LogP contribution in [0.25, 0.3) is 10.6 Å². The topological polar surface area (TPSA) is 46.1 Å². The summed E-state index contributed by atoms with van der Waals surface area (Å²) < 4.78 is 38.5. The maximum atomic E-state index is 12.8. The summed E-state index contributed by atoms with van der Waals surface area (Å²) in [6.45, 7) is 5.47. The van der Waals surface area contributed by atoms with Crippen LogP contribution < -0.4 is 0 Å². The summed E-state index contributed by atoms with van der Waals surface area (Å²) in [6, 6.07) is 5.36. The molecule has 3 aromatic rings. The molecule has 0 radical (unpaired) electrons. The van der Waals surface area contributed by atoms with Gasteiger partial charge in [0.15, 0.2) is 0 Å². The third kappa shape index (κ3) is 4.63. The van der Waals surface area contributed by atoms with E-state index >= 15 is 0 Å². The van der Waals surface area contributed by atoms with Gasteiger partial charge >= 0.3 is 6.18 Å². The van der Waals surface area contributed by atoms with Crippen LogP contribution in [-0.2, 0) is 23.9 Å². The van der Waals surface area contributed by atoms with Crippen molar-refractivity contribution < 1.29 is 18.0 Å². The number of carbonyl (C=O) groups excluding carboxylic acids is 1. The van der Waals surface area contributed by atoms with Gasteiger partial charge in [-0.25, -0.2) is 9.97 Å². The van der Waals surface area contributed by atoms with Gasteiger partial charge in [0, 0.05) is 30.9 Å². The lowest BCUT2D eigenvalue weighted by Gasteiger charge is -2.38. The highest BCUT2D eigenvalue weighted by Gasteiger charge is 2.34. The number of alkyl halides is 3. The fourth-order valence-electron chi connectivity index (χ4n) is 3.57. The number of ketones is 1. The fraction of sp³-hybridized carbons (Fsp3) is 0.381. The first-order valence-corrected chi connectivity index (χ1v) is 11.2. The molecule has 0 bridgehead atoms. The Balaban J connectivity index is 1.31. The first kappa shape index (κ1) is 21.1. The Kier molecular flexibility index (Phi) is 5.78. The highest BCUT2D eigenvalue weighted by atomic mass is 32.1. The van der Waals surface area contributed by atoms with Gasteiger partial charge < -0.3 is 0 Å². The van der Waals surface area contributed by atoms with Gasteiger partial charge in [0.2, 0.25) is 0 Å². The van der Waals surface area contributed by atoms with Crippen molar-refractivity contribution in [1.82, 2.24) is 14.9 Å². The average molecular weight is 452 g/mol. The first-order chi connectivity index (χ1) is 14.2. The van der Waals surface area contributed by atoms with Crippen molar-refractivity contribution in [2.45, 2.75) is 33.0 Å². The molecule has 4 nitrogen and oxygen atoms in total. The molecule has 1 aliphatic heterocycles. The lowest BCUT2D eigenvalue weighted by molar-refractivity contribution is -0.137. The molecule has 30 heavy (non-hydrogen) atoms. The van der Waals surface area contributed by atoms with E-state index in [4.69, 9.17) is 0 Å². The molecule has 1 aromatic carbocycles. The van der Waals surface area contributed by atoms with E-state index < -0.39 is 11.7 Å². The molecule has 0 N–H and O–H groups in total. The maximum absolute atomic E-state index is 12.8. The number of likely N-dealkylation sites (tertiary alicyclic amines) is 1. The molecule has 0 amide bonds. The van der Waals surface area contributed by atoms with Crippen molar-refractivity contribution in [3.63, 3.8) is 0 Å². The highest BCUT2D eigenvalue weighted by Crippen LogP contribution is 2.32. The summed E-state index contributed by atoms with van der Waals surface area (Å²) >= 11 is 3.07. The minimum absolute atomic E-state index is 0.0875. The molecule has 0 aliphatic carbocycles. The van der Waals surface area contributed by atoms with Crippen molar-refractivity contribution in [3.05, 3.63) is 56.5 Å². The molecule has 1 aliphatic rings. The SMILES string of the molecule is Cc1nc(C)c(-c2csc(CC(=O)C3CN(Cc4cccc(C(F)(F)F)c4)C3)n2)s1. The number of rotatable bonds is 6. The van der Waals surface area contributed by atoms with E-state index in [0.717, 1.165) is 32.3 Å². The molecule has 0 atom stereocenters. The Morgan fingerprint density at radius 2 is 2.00 bits per heavy atom. The van der Waals surface area contributed by atoms with Gasteiger partial charge in [0.25, 0.3) is 0 Å². The standard InChI is InChI=1S/C21H20F3N3OS2/c1-12-20(30-13(2)25-12)17-11-29-19(26-17)7-18(28)15-9-27(10-15)8-14-4-3-5-16(6-14)21(22,23)24/h3-6,11,15H,7-10H2,1-2H3. The van der Waals surface area contributed by atoms with Crippen molar-refractivity contribution in [2.24, 2.45) is 5.92 Å². The number of thiazole rings is 2. The van der Waals surface area contributed by atoms with Crippen molar-refractivity contribution in [2.75, 3.05) is 13.1 Å². The zero-order valence-electron chi connectivity index (χ0n) is 16.5. The predicted molar refractivity (Wildman–Crippen MR) is 112 cm³/mol. The van der Waals surface area contributed by atoms with E-state index in [1.807, 2.05) is 24.1 Å². The molecule has 2 aromatic heterocycles. The Bertz CT molecular complexity index is 1070. The number of nitrogens with zero attached hydrogens (tertiary/aromatic N) is 3. The van der Waals surface area contributed by atoms with Crippen LogP contribution in [0.3, 0.4) is 0 Å². The van der Waals surface area contributed by atoms with E-state index in [-0.39, 0.29) is 11.7 Å². The Hall–Kier alpha value is -2.10. The Labute approximate surface area is 180 Å². The largest absolute Gasteiger partial charge is 0.416 e. The second-order valence-electron chi connectivity index (χ2n) is 7.51. The summed E-state index contributed by atoms with van der Waals surface area (Å²) in [5, 5.41) is 3.74. The first-order valence-electron chi connectivity index (χ1n) is 9.49. The summed E-state index contributed by atoms with van der Waals surface area (Å²) in [5.41, 5.74) is 1.78. The van der Waals surface area contributed by atoms with E-state index in [9.17, 15) is 18.0 Å². The third-order valence-electron chi connectivity index (χ3n) is 5.09.